The summed E-state index contributed by atoms with van der Waals surface area (Å²) in [5.74, 6) is -0.167. The Bertz CT molecular complexity index is 407. The normalized spacial score (nSPS) is 12.2. The Labute approximate surface area is 106 Å². The van der Waals surface area contributed by atoms with E-state index in [1.54, 1.807) is 32.2 Å². The fourth-order valence-corrected chi connectivity index (χ4v) is 1.60. The van der Waals surface area contributed by atoms with E-state index in [2.05, 4.69) is 0 Å². The summed E-state index contributed by atoms with van der Waals surface area (Å²) in [6.45, 7) is 2.17. The lowest BCUT2D eigenvalue weighted by Gasteiger charge is -2.19. The van der Waals surface area contributed by atoms with Gasteiger partial charge in [0.15, 0.2) is 0 Å². The van der Waals surface area contributed by atoms with Gasteiger partial charge < -0.3 is 15.7 Å². The van der Waals surface area contributed by atoms with Gasteiger partial charge in [-0.25, -0.2) is 0 Å². The fraction of sp³-hybridized carbons (Fsp3) is 0.417. The summed E-state index contributed by atoms with van der Waals surface area (Å²) >= 11 is 5.77. The van der Waals surface area contributed by atoms with Gasteiger partial charge in [-0.15, -0.1) is 0 Å². The highest BCUT2D eigenvalue weighted by atomic mass is 35.5. The van der Waals surface area contributed by atoms with E-state index in [0.29, 0.717) is 29.2 Å². The molecule has 1 amide bonds. The minimum absolute atomic E-state index is 0.167. The molecule has 1 aromatic carbocycles. The molecule has 0 heterocycles. The molecule has 1 atom stereocenters. The average molecular weight is 257 g/mol. The van der Waals surface area contributed by atoms with Crippen molar-refractivity contribution in [2.45, 2.75) is 19.4 Å². The van der Waals surface area contributed by atoms with Crippen LogP contribution in [0.3, 0.4) is 0 Å². The zero-order valence-corrected chi connectivity index (χ0v) is 10.7. The molecule has 0 aliphatic carbocycles. The molecule has 3 N–H and O–H groups in total. The third-order valence-electron chi connectivity index (χ3n) is 2.47. The van der Waals surface area contributed by atoms with Crippen molar-refractivity contribution in [2.75, 3.05) is 19.3 Å². The van der Waals surface area contributed by atoms with Gasteiger partial charge in [0.05, 0.1) is 11.7 Å². The van der Waals surface area contributed by atoms with E-state index >= 15 is 0 Å². The molecule has 0 bridgehead atoms. The Morgan fingerprint density at radius 1 is 1.59 bits per heavy atom. The Morgan fingerprint density at radius 3 is 2.76 bits per heavy atom. The molecule has 1 aromatic rings. The molecule has 0 saturated heterocycles. The third-order valence-corrected chi connectivity index (χ3v) is 2.71. The highest BCUT2D eigenvalue weighted by Gasteiger charge is 2.15. The van der Waals surface area contributed by atoms with Gasteiger partial charge in [-0.2, -0.15) is 0 Å². The minimum Gasteiger partial charge on any atom is -0.398 e. The minimum atomic E-state index is -0.423. The summed E-state index contributed by atoms with van der Waals surface area (Å²) in [4.78, 5) is 13.5. The predicted octanol–water partition coefficient (Wildman–Crippen LogP) is 1.77. The van der Waals surface area contributed by atoms with Gasteiger partial charge in [0.25, 0.3) is 5.91 Å². The lowest BCUT2D eigenvalue weighted by atomic mass is 10.1. The summed E-state index contributed by atoms with van der Waals surface area (Å²) < 4.78 is 0. The molecule has 0 spiro atoms. The van der Waals surface area contributed by atoms with E-state index in [1.807, 2.05) is 0 Å². The van der Waals surface area contributed by atoms with E-state index in [9.17, 15) is 4.79 Å². The van der Waals surface area contributed by atoms with Crippen molar-refractivity contribution in [3.8, 4) is 0 Å². The highest BCUT2D eigenvalue weighted by Crippen LogP contribution is 2.19. The zero-order chi connectivity index (χ0) is 13.0. The summed E-state index contributed by atoms with van der Waals surface area (Å²) in [6, 6.07) is 4.80. The van der Waals surface area contributed by atoms with Crippen molar-refractivity contribution >= 4 is 23.2 Å². The average Bonchev–Trinajstić information content (AvgIpc) is 2.25. The molecule has 0 aliphatic rings. The maximum absolute atomic E-state index is 12.0. The van der Waals surface area contributed by atoms with E-state index < -0.39 is 6.10 Å². The van der Waals surface area contributed by atoms with Gasteiger partial charge in [0.1, 0.15) is 0 Å². The lowest BCUT2D eigenvalue weighted by molar-refractivity contribution is 0.0770. The molecule has 0 aromatic heterocycles. The first-order valence-corrected chi connectivity index (χ1v) is 5.78. The maximum Gasteiger partial charge on any atom is 0.255 e. The Kier molecular flexibility index (Phi) is 4.78. The zero-order valence-electron chi connectivity index (χ0n) is 9.98. The van der Waals surface area contributed by atoms with Crippen LogP contribution < -0.4 is 5.73 Å². The number of halogens is 1. The molecular formula is C12H17ClN2O2. The maximum atomic E-state index is 12.0. The number of nitrogen functional groups attached to an aromatic ring is 1. The molecule has 0 saturated carbocycles. The van der Waals surface area contributed by atoms with Crippen molar-refractivity contribution in [3.63, 3.8) is 0 Å². The number of aliphatic hydroxyl groups is 1. The molecule has 0 radical (unpaired) electrons. The number of nitrogens with two attached hydrogens (primary N) is 1. The number of nitrogens with zero attached hydrogens (tertiary/aromatic N) is 1. The van der Waals surface area contributed by atoms with Crippen LogP contribution in [-0.2, 0) is 0 Å². The van der Waals surface area contributed by atoms with Gasteiger partial charge in [-0.05, 0) is 31.5 Å². The fourth-order valence-electron chi connectivity index (χ4n) is 1.42. The number of amides is 1. The predicted molar refractivity (Wildman–Crippen MR) is 69.1 cm³/mol. The Balaban J connectivity index is 2.75. The van der Waals surface area contributed by atoms with E-state index in [0.717, 1.165) is 0 Å². The number of carbonyl (C=O) groups is 1. The van der Waals surface area contributed by atoms with Crippen LogP contribution in [0, 0.1) is 0 Å². The summed E-state index contributed by atoms with van der Waals surface area (Å²) in [5.41, 5.74) is 6.53. The van der Waals surface area contributed by atoms with Crippen molar-refractivity contribution in [2.24, 2.45) is 0 Å². The van der Waals surface area contributed by atoms with E-state index in [-0.39, 0.29) is 5.91 Å². The van der Waals surface area contributed by atoms with Crippen molar-refractivity contribution in [3.05, 3.63) is 28.8 Å². The molecule has 1 rings (SSSR count). The first-order chi connectivity index (χ1) is 7.91. The smallest absolute Gasteiger partial charge is 0.255 e. The molecule has 0 fully saturated rings. The number of benzene rings is 1. The molecule has 94 valence electrons. The van der Waals surface area contributed by atoms with E-state index in [4.69, 9.17) is 22.4 Å². The van der Waals surface area contributed by atoms with Crippen LogP contribution in [0.4, 0.5) is 5.69 Å². The molecule has 4 nitrogen and oxygen atoms in total. The standard InChI is InChI=1S/C12H17ClN2O2/c1-8(16)5-6-15(2)12(17)10-4-3-9(13)7-11(10)14/h3-4,7-8,16H,5-6,14H2,1-2H3. The quantitative estimate of drug-likeness (QED) is 0.807. The van der Waals surface area contributed by atoms with Crippen LogP contribution >= 0.6 is 11.6 Å². The van der Waals surface area contributed by atoms with Gasteiger partial charge in [-0.1, -0.05) is 11.6 Å². The highest BCUT2D eigenvalue weighted by molar-refractivity contribution is 6.31. The van der Waals surface area contributed by atoms with Crippen LogP contribution in [0.1, 0.15) is 23.7 Å². The number of anilines is 1. The molecule has 1 unspecified atom stereocenters. The van der Waals surface area contributed by atoms with Crippen molar-refractivity contribution in [1.82, 2.24) is 4.90 Å². The number of hydrogen-bond acceptors (Lipinski definition) is 3. The molecular weight excluding hydrogens is 240 g/mol. The Morgan fingerprint density at radius 2 is 2.24 bits per heavy atom. The number of hydrogen-bond donors (Lipinski definition) is 2. The third kappa shape index (κ3) is 3.91. The van der Waals surface area contributed by atoms with Gasteiger partial charge in [-0.3, -0.25) is 4.79 Å². The first-order valence-electron chi connectivity index (χ1n) is 5.40. The Hall–Kier alpha value is -1.26. The van der Waals surface area contributed by atoms with E-state index in [1.165, 1.54) is 4.90 Å². The largest absolute Gasteiger partial charge is 0.398 e. The van der Waals surface area contributed by atoms with Crippen LogP contribution in [0.15, 0.2) is 18.2 Å². The second kappa shape index (κ2) is 5.89. The SMILES string of the molecule is CC(O)CCN(C)C(=O)c1ccc(Cl)cc1N. The number of carbonyl (C=O) groups excluding carboxylic acids is 1. The van der Waals surface area contributed by atoms with Gasteiger partial charge >= 0.3 is 0 Å². The van der Waals surface area contributed by atoms with Crippen molar-refractivity contribution in [1.29, 1.82) is 0 Å². The first kappa shape index (κ1) is 13.8. The molecule has 5 heteroatoms. The second-order valence-corrected chi connectivity index (χ2v) is 4.53. The summed E-state index contributed by atoms with van der Waals surface area (Å²) in [5, 5.41) is 9.67. The van der Waals surface area contributed by atoms with Crippen LogP contribution in [-0.4, -0.2) is 35.6 Å². The molecule has 0 aliphatic heterocycles. The topological polar surface area (TPSA) is 66.6 Å². The van der Waals surface area contributed by atoms with Crippen LogP contribution in [0.5, 0.6) is 0 Å². The van der Waals surface area contributed by atoms with Gasteiger partial charge in [0.2, 0.25) is 0 Å². The van der Waals surface area contributed by atoms with Crippen LogP contribution in [0.2, 0.25) is 5.02 Å². The lowest BCUT2D eigenvalue weighted by Crippen LogP contribution is -2.30. The second-order valence-electron chi connectivity index (χ2n) is 4.10. The van der Waals surface area contributed by atoms with Crippen molar-refractivity contribution < 1.29 is 9.90 Å². The van der Waals surface area contributed by atoms with Crippen LogP contribution in [0.25, 0.3) is 0 Å². The number of aliphatic hydroxyl groups excluding tert-OH is 1. The number of rotatable bonds is 4. The monoisotopic (exact) mass is 256 g/mol. The summed E-state index contributed by atoms with van der Waals surface area (Å²) in [7, 11) is 1.68. The van der Waals surface area contributed by atoms with Gasteiger partial charge in [0, 0.05) is 24.3 Å². The summed E-state index contributed by atoms with van der Waals surface area (Å²) in [6.07, 6.45) is 0.114. The molecule has 17 heavy (non-hydrogen) atoms.